The third kappa shape index (κ3) is 9.76. The molecular weight excluding hydrogens is 823 g/mol. The molecule has 2 amide bonds. The normalized spacial score (nSPS) is 15.9. The predicted molar refractivity (Wildman–Crippen MR) is 237 cm³/mol. The van der Waals surface area contributed by atoms with Gasteiger partial charge in [0, 0.05) is 24.1 Å². The lowest BCUT2D eigenvalue weighted by Crippen LogP contribution is -2.54. The lowest BCUT2D eigenvalue weighted by Gasteiger charge is -2.36. The number of halogens is 2. The van der Waals surface area contributed by atoms with Crippen LogP contribution < -0.4 is 20.1 Å². The third-order valence-electron chi connectivity index (χ3n) is 10.8. The van der Waals surface area contributed by atoms with Crippen LogP contribution in [-0.2, 0) is 40.4 Å². The molecule has 62 heavy (non-hydrogen) atoms. The molecule has 1 unspecified atom stereocenters. The maximum atomic E-state index is 14.2. The number of fused-ring (bicyclic) bond motifs is 2. The van der Waals surface area contributed by atoms with Crippen molar-refractivity contribution in [3.05, 3.63) is 182 Å². The molecule has 0 radical (unpaired) electrons. The first-order valence-electron chi connectivity index (χ1n) is 19.8. The van der Waals surface area contributed by atoms with Crippen molar-refractivity contribution in [3.8, 4) is 40.5 Å². The van der Waals surface area contributed by atoms with Gasteiger partial charge in [-0.1, -0.05) is 108 Å². The lowest BCUT2D eigenvalue weighted by atomic mass is 9.91. The molecule has 0 spiro atoms. The summed E-state index contributed by atoms with van der Waals surface area (Å²) >= 11 is 12.2. The van der Waals surface area contributed by atoms with Crippen molar-refractivity contribution in [2.45, 2.75) is 44.2 Å². The third-order valence-corrected chi connectivity index (χ3v) is 11.5. The molecule has 8 rings (SSSR count). The van der Waals surface area contributed by atoms with Crippen molar-refractivity contribution in [2.24, 2.45) is 0 Å². The van der Waals surface area contributed by atoms with E-state index in [1.807, 2.05) is 89.8 Å². The summed E-state index contributed by atoms with van der Waals surface area (Å²) in [7, 11) is 0. The fourth-order valence-electron chi connectivity index (χ4n) is 7.46. The Hall–Kier alpha value is -7.08. The highest BCUT2D eigenvalue weighted by Gasteiger charge is 2.36. The van der Waals surface area contributed by atoms with Crippen LogP contribution >= 0.6 is 23.2 Å². The smallest absolute Gasteiger partial charge is 0.326 e. The van der Waals surface area contributed by atoms with Gasteiger partial charge < -0.3 is 25.2 Å². The van der Waals surface area contributed by atoms with Gasteiger partial charge in [-0.25, -0.2) is 4.79 Å². The summed E-state index contributed by atoms with van der Waals surface area (Å²) in [6, 6.07) is 40.5. The number of benzene rings is 6. The molecule has 2 heterocycles. The van der Waals surface area contributed by atoms with Crippen LogP contribution in [0.2, 0.25) is 10.0 Å². The van der Waals surface area contributed by atoms with E-state index < -0.39 is 30.1 Å². The van der Waals surface area contributed by atoms with Crippen LogP contribution in [0, 0.1) is 23.2 Å². The molecule has 0 saturated carbocycles. The Morgan fingerprint density at radius 3 is 2.26 bits per heavy atom. The summed E-state index contributed by atoms with van der Waals surface area (Å²) in [6.45, 7) is 0.841. The zero-order valence-electron chi connectivity index (χ0n) is 33.1. The van der Waals surface area contributed by atoms with E-state index in [-0.39, 0.29) is 31.9 Å². The molecular formula is C50H38Cl2N4O6. The summed E-state index contributed by atoms with van der Waals surface area (Å²) in [6.07, 6.45) is -0.603. The average Bonchev–Trinajstić information content (AvgIpc) is 3.29. The van der Waals surface area contributed by atoms with Crippen LogP contribution in [0.15, 0.2) is 133 Å². The lowest BCUT2D eigenvalue weighted by molar-refractivity contribution is -0.142. The van der Waals surface area contributed by atoms with Crippen molar-refractivity contribution in [1.29, 1.82) is 5.26 Å². The number of aliphatic carboxylic acids is 1. The van der Waals surface area contributed by atoms with Gasteiger partial charge in [0.1, 0.15) is 24.1 Å². The predicted octanol–water partition coefficient (Wildman–Crippen LogP) is 8.77. The van der Waals surface area contributed by atoms with Crippen molar-refractivity contribution in [3.63, 3.8) is 0 Å². The van der Waals surface area contributed by atoms with Gasteiger partial charge in [-0.05, 0) is 100 Å². The van der Waals surface area contributed by atoms with Crippen molar-refractivity contribution >= 4 is 46.7 Å². The number of carboxylic acids is 1. The second-order valence-corrected chi connectivity index (χ2v) is 15.8. The Bertz CT molecular complexity index is 2750. The first kappa shape index (κ1) is 41.6. The Balaban J connectivity index is 0.980. The summed E-state index contributed by atoms with van der Waals surface area (Å²) in [5.74, 6) is 5.52. The van der Waals surface area contributed by atoms with Gasteiger partial charge in [0.25, 0.3) is 5.91 Å². The first-order chi connectivity index (χ1) is 30.1. The molecule has 0 fully saturated rings. The van der Waals surface area contributed by atoms with Crippen LogP contribution in [0.5, 0.6) is 11.5 Å². The van der Waals surface area contributed by atoms with Gasteiger partial charge in [0.2, 0.25) is 12.0 Å². The molecule has 2 aliphatic rings. The fraction of sp³-hybridized carbons (Fsp3) is 0.160. The zero-order valence-corrected chi connectivity index (χ0v) is 34.6. The van der Waals surface area contributed by atoms with Gasteiger partial charge in [-0.2, -0.15) is 5.26 Å². The number of ether oxygens (including phenoxy) is 2. The number of hydrogen-bond acceptors (Lipinski definition) is 7. The Morgan fingerprint density at radius 2 is 1.56 bits per heavy atom. The maximum Gasteiger partial charge on any atom is 0.326 e. The van der Waals surface area contributed by atoms with Gasteiger partial charge in [-0.15, -0.1) is 0 Å². The molecule has 0 aromatic heterocycles. The number of anilines is 1. The van der Waals surface area contributed by atoms with Crippen LogP contribution in [0.25, 0.3) is 11.1 Å². The largest absolute Gasteiger partial charge is 0.489 e. The van der Waals surface area contributed by atoms with E-state index in [9.17, 15) is 19.5 Å². The minimum atomic E-state index is -1.20. The molecule has 308 valence electrons. The first-order valence-corrected chi connectivity index (χ1v) is 20.6. The van der Waals surface area contributed by atoms with Crippen molar-refractivity contribution in [2.75, 3.05) is 11.9 Å². The van der Waals surface area contributed by atoms with Crippen LogP contribution in [0.4, 0.5) is 5.69 Å². The molecule has 12 heteroatoms. The van der Waals surface area contributed by atoms with Crippen LogP contribution in [-0.4, -0.2) is 46.4 Å². The topological polar surface area (TPSA) is 141 Å². The van der Waals surface area contributed by atoms with Gasteiger partial charge >= 0.3 is 5.97 Å². The number of carbonyl (C=O) groups is 3. The fourth-order valence-corrected chi connectivity index (χ4v) is 7.78. The standard InChI is InChI=1S/C50H38Cl2N4O6/c51-41-21-12-34(23-42(41)52)30-61-40-19-17-37(18-20-40)47-49(58)54-43-25-38-26-45(56(29-39(38)27-46(43)62-47)22-4-7-31-5-2-1-3-6-31)48(57)55-44(50(59)60)24-32-8-13-35(14-9-32)36-15-10-33(28-53)11-16-36/h1-3,5-6,8-21,23,25,27,44-45,47H,22,24,26,29-30H2,(H,54,58)(H,55,57)(H,59,60)/t44-,45-,47?/m0/s1. The number of nitriles is 1. The van der Waals surface area contributed by atoms with Gasteiger partial charge in [0.15, 0.2) is 0 Å². The minimum absolute atomic E-state index is 0.0678. The number of nitrogens with one attached hydrogen (secondary N) is 2. The minimum Gasteiger partial charge on any atom is -0.489 e. The van der Waals surface area contributed by atoms with E-state index in [4.69, 9.17) is 37.9 Å². The number of amides is 2. The van der Waals surface area contributed by atoms with Crippen molar-refractivity contribution < 1.29 is 29.0 Å². The van der Waals surface area contributed by atoms with E-state index in [1.54, 1.807) is 48.5 Å². The van der Waals surface area contributed by atoms with E-state index in [0.717, 1.165) is 38.9 Å². The number of nitrogens with zero attached hydrogens (tertiary/aromatic N) is 2. The highest BCUT2D eigenvalue weighted by molar-refractivity contribution is 6.42. The van der Waals surface area contributed by atoms with Gasteiger partial charge in [0.05, 0.1) is 40.0 Å². The highest BCUT2D eigenvalue weighted by Crippen LogP contribution is 2.40. The molecule has 6 aromatic carbocycles. The second-order valence-electron chi connectivity index (χ2n) is 15.0. The van der Waals surface area contributed by atoms with E-state index >= 15 is 0 Å². The van der Waals surface area contributed by atoms with Crippen LogP contribution in [0.1, 0.15) is 45.0 Å². The number of hydrogen-bond donors (Lipinski definition) is 3. The molecule has 3 atom stereocenters. The number of carbonyl (C=O) groups excluding carboxylic acids is 2. The van der Waals surface area contributed by atoms with E-state index in [2.05, 4.69) is 28.5 Å². The summed E-state index contributed by atoms with van der Waals surface area (Å²) in [5, 5.41) is 26.1. The zero-order chi connectivity index (χ0) is 43.2. The highest BCUT2D eigenvalue weighted by atomic mass is 35.5. The van der Waals surface area contributed by atoms with Gasteiger partial charge in [-0.3, -0.25) is 14.5 Å². The SMILES string of the molecule is N#Cc1ccc(-c2ccc(C[C@H](NC(=O)[C@@H]3Cc4cc5c(cc4CN3CC#Cc3ccccc3)OC(c3ccc(OCc4ccc(Cl)c(Cl)c4)cc3)C(=O)N5)C(=O)O)cc2)cc1. The molecule has 6 aromatic rings. The molecule has 10 nitrogen and oxygen atoms in total. The summed E-state index contributed by atoms with van der Waals surface area (Å²) in [4.78, 5) is 42.1. The molecule has 3 N–H and O–H groups in total. The average molecular weight is 862 g/mol. The molecule has 0 bridgehead atoms. The Kier molecular flexibility index (Phi) is 12.5. The monoisotopic (exact) mass is 860 g/mol. The molecule has 0 aliphatic carbocycles. The number of carboxylic acid groups (broad SMARTS) is 1. The van der Waals surface area contributed by atoms with Crippen LogP contribution in [0.3, 0.4) is 0 Å². The summed E-state index contributed by atoms with van der Waals surface area (Å²) < 4.78 is 12.3. The quantitative estimate of drug-likeness (QED) is 0.110. The van der Waals surface area contributed by atoms with E-state index in [1.165, 1.54) is 0 Å². The molecule has 2 aliphatic heterocycles. The van der Waals surface area contributed by atoms with E-state index in [0.29, 0.717) is 44.9 Å². The Morgan fingerprint density at radius 1 is 0.855 bits per heavy atom. The maximum absolute atomic E-state index is 14.2. The molecule has 0 saturated heterocycles. The Labute approximate surface area is 368 Å². The number of rotatable bonds is 11. The van der Waals surface area contributed by atoms with Crippen molar-refractivity contribution in [1.82, 2.24) is 10.2 Å². The summed E-state index contributed by atoms with van der Waals surface area (Å²) in [5.41, 5.74) is 7.67. The second kappa shape index (κ2) is 18.7.